The molecule has 0 bridgehead atoms. The van der Waals surface area contributed by atoms with Gasteiger partial charge in [-0.1, -0.05) is 0 Å². The summed E-state index contributed by atoms with van der Waals surface area (Å²) in [5.74, 6) is -1.98. The van der Waals surface area contributed by atoms with Gasteiger partial charge in [0.05, 0.1) is 11.7 Å². The molecule has 0 aliphatic heterocycles. The summed E-state index contributed by atoms with van der Waals surface area (Å²) in [6.45, 7) is 3.09. The first-order chi connectivity index (χ1) is 13.6. The molecule has 0 fully saturated rings. The number of halogens is 2. The van der Waals surface area contributed by atoms with Crippen molar-refractivity contribution in [1.82, 2.24) is 4.98 Å². The molecular weight excluding hydrogens is 388 g/mol. The van der Waals surface area contributed by atoms with Gasteiger partial charge < -0.3 is 19.2 Å². The molecule has 0 aliphatic rings. The lowest BCUT2D eigenvalue weighted by atomic mass is 10.1. The first-order valence-electron chi connectivity index (χ1n) is 8.75. The summed E-state index contributed by atoms with van der Waals surface area (Å²) >= 11 is 0. The van der Waals surface area contributed by atoms with E-state index >= 15 is 0 Å². The highest BCUT2D eigenvalue weighted by Crippen LogP contribution is 2.21. The van der Waals surface area contributed by atoms with Crippen LogP contribution in [0.2, 0.25) is 0 Å². The highest BCUT2D eigenvalue weighted by Gasteiger charge is 2.25. The number of alkyl halides is 2. The molecule has 156 valence electrons. The summed E-state index contributed by atoms with van der Waals surface area (Å²) in [4.78, 5) is 39.4. The normalized spacial score (nSPS) is 10.9. The van der Waals surface area contributed by atoms with E-state index in [1.165, 1.54) is 24.3 Å². The average Bonchev–Trinajstić information content (AvgIpc) is 2.93. The average molecular weight is 409 g/mol. The third-order valence-corrected chi connectivity index (χ3v) is 3.92. The van der Waals surface area contributed by atoms with Crippen LogP contribution in [0.5, 0.6) is 5.75 Å². The molecule has 1 N–H and O–H groups in total. The number of esters is 2. The second-order valence-electron chi connectivity index (χ2n) is 6.48. The van der Waals surface area contributed by atoms with E-state index in [-0.39, 0.29) is 28.7 Å². The Kier molecular flexibility index (Phi) is 7.08. The summed E-state index contributed by atoms with van der Waals surface area (Å²) in [6.07, 6.45) is -0.318. The van der Waals surface area contributed by atoms with Crippen molar-refractivity contribution in [3.05, 3.63) is 52.3 Å². The maximum atomic E-state index is 12.3. The van der Waals surface area contributed by atoms with Crippen LogP contribution in [0.1, 0.15) is 56.3 Å². The number of ether oxygens (including phenoxy) is 3. The summed E-state index contributed by atoms with van der Waals surface area (Å²) < 4.78 is 38.7. The summed E-state index contributed by atoms with van der Waals surface area (Å²) in [6, 6.07) is 5.01. The van der Waals surface area contributed by atoms with Crippen molar-refractivity contribution >= 4 is 17.7 Å². The smallest absolute Gasteiger partial charge is 0.387 e. The van der Waals surface area contributed by atoms with E-state index < -0.39 is 30.9 Å². The van der Waals surface area contributed by atoms with Crippen molar-refractivity contribution in [3.8, 4) is 5.75 Å². The Morgan fingerprint density at radius 2 is 1.66 bits per heavy atom. The van der Waals surface area contributed by atoms with Gasteiger partial charge in [-0.05, 0) is 57.5 Å². The van der Waals surface area contributed by atoms with Crippen LogP contribution in [-0.4, -0.2) is 42.0 Å². The van der Waals surface area contributed by atoms with Gasteiger partial charge in [0.25, 0.3) is 0 Å². The Balaban J connectivity index is 2.04. The second-order valence-corrected chi connectivity index (χ2v) is 6.48. The van der Waals surface area contributed by atoms with Gasteiger partial charge in [0, 0.05) is 11.3 Å². The Labute approximate surface area is 166 Å². The molecule has 0 saturated heterocycles. The Hall–Kier alpha value is -3.23. The van der Waals surface area contributed by atoms with E-state index in [2.05, 4.69) is 9.72 Å². The van der Waals surface area contributed by atoms with Crippen molar-refractivity contribution in [2.24, 2.45) is 0 Å². The minimum absolute atomic E-state index is 0.0479. The van der Waals surface area contributed by atoms with Gasteiger partial charge in [0.15, 0.2) is 12.4 Å². The zero-order valence-electron chi connectivity index (χ0n) is 16.4. The third-order valence-electron chi connectivity index (χ3n) is 3.92. The van der Waals surface area contributed by atoms with E-state index in [0.29, 0.717) is 11.3 Å². The SMILES string of the molecule is Cc1[nH]c(C(=O)OCC(=O)c2ccc(OC(F)F)cc2)c(C)c1C(=O)OC(C)C. The number of rotatable bonds is 8. The van der Waals surface area contributed by atoms with E-state index in [9.17, 15) is 23.2 Å². The molecule has 1 aromatic heterocycles. The summed E-state index contributed by atoms with van der Waals surface area (Å²) in [5.41, 5.74) is 1.26. The third kappa shape index (κ3) is 5.63. The van der Waals surface area contributed by atoms with Crippen LogP contribution in [0.15, 0.2) is 24.3 Å². The highest BCUT2D eigenvalue weighted by molar-refractivity contribution is 6.01. The van der Waals surface area contributed by atoms with Crippen LogP contribution < -0.4 is 4.74 Å². The highest BCUT2D eigenvalue weighted by atomic mass is 19.3. The fraction of sp³-hybridized carbons (Fsp3) is 0.350. The molecule has 1 aromatic carbocycles. The molecule has 0 amide bonds. The lowest BCUT2D eigenvalue weighted by molar-refractivity contribution is -0.0498. The number of hydrogen-bond acceptors (Lipinski definition) is 6. The Morgan fingerprint density at radius 1 is 1.03 bits per heavy atom. The minimum atomic E-state index is -2.97. The first-order valence-corrected chi connectivity index (χ1v) is 8.75. The van der Waals surface area contributed by atoms with Gasteiger partial charge in [-0.2, -0.15) is 8.78 Å². The van der Waals surface area contributed by atoms with Crippen LogP contribution in [0.4, 0.5) is 8.78 Å². The molecule has 0 aliphatic carbocycles. The number of H-pyrrole nitrogens is 1. The number of aryl methyl sites for hydroxylation is 1. The van der Waals surface area contributed by atoms with Crippen LogP contribution in [0.3, 0.4) is 0 Å². The summed E-state index contributed by atoms with van der Waals surface area (Å²) in [5, 5.41) is 0. The fourth-order valence-electron chi connectivity index (χ4n) is 2.64. The van der Waals surface area contributed by atoms with Crippen LogP contribution in [0.25, 0.3) is 0 Å². The number of aromatic amines is 1. The van der Waals surface area contributed by atoms with Crippen molar-refractivity contribution in [2.75, 3.05) is 6.61 Å². The molecule has 0 saturated carbocycles. The topological polar surface area (TPSA) is 94.7 Å². The number of nitrogens with one attached hydrogen (secondary N) is 1. The zero-order valence-corrected chi connectivity index (χ0v) is 16.4. The maximum Gasteiger partial charge on any atom is 0.387 e. The predicted octanol–water partition coefficient (Wildman–Crippen LogP) is 3.84. The number of Topliss-reactive ketones (excluding diaryl/α,β-unsaturated/α-hetero) is 1. The molecule has 2 aromatic rings. The van der Waals surface area contributed by atoms with Crippen molar-refractivity contribution < 1.29 is 37.4 Å². The van der Waals surface area contributed by atoms with E-state index in [1.807, 2.05) is 0 Å². The Morgan fingerprint density at radius 3 is 2.21 bits per heavy atom. The standard InChI is InChI=1S/C20H21F2NO6/c1-10(2)28-18(25)16-11(3)17(23-12(16)4)19(26)27-9-15(24)13-5-7-14(8-6-13)29-20(21)22/h5-8,10,20,23H,9H2,1-4H3. The van der Waals surface area contributed by atoms with E-state index in [0.717, 1.165) is 0 Å². The van der Waals surface area contributed by atoms with Gasteiger partial charge >= 0.3 is 18.6 Å². The second kappa shape index (κ2) is 9.31. The lowest BCUT2D eigenvalue weighted by Crippen LogP contribution is -2.16. The van der Waals surface area contributed by atoms with Crippen LogP contribution in [0, 0.1) is 13.8 Å². The molecule has 9 heteroatoms. The zero-order chi connectivity index (χ0) is 21.7. The number of hydrogen-bond donors (Lipinski definition) is 1. The van der Waals surface area contributed by atoms with Crippen LogP contribution in [-0.2, 0) is 9.47 Å². The molecule has 0 radical (unpaired) electrons. The van der Waals surface area contributed by atoms with Crippen LogP contribution >= 0.6 is 0 Å². The number of ketones is 1. The molecule has 0 atom stereocenters. The molecule has 29 heavy (non-hydrogen) atoms. The molecule has 7 nitrogen and oxygen atoms in total. The number of carbonyl (C=O) groups excluding carboxylic acids is 3. The first kappa shape index (κ1) is 22.1. The molecule has 2 rings (SSSR count). The van der Waals surface area contributed by atoms with Gasteiger partial charge in [-0.25, -0.2) is 9.59 Å². The van der Waals surface area contributed by atoms with Gasteiger partial charge in [0.1, 0.15) is 11.4 Å². The number of carbonyl (C=O) groups is 3. The molecular formula is C20H21F2NO6. The van der Waals surface area contributed by atoms with Gasteiger partial charge in [-0.15, -0.1) is 0 Å². The number of aromatic nitrogens is 1. The van der Waals surface area contributed by atoms with E-state index in [1.54, 1.807) is 27.7 Å². The molecule has 1 heterocycles. The molecule has 0 unspecified atom stereocenters. The van der Waals surface area contributed by atoms with Crippen molar-refractivity contribution in [3.63, 3.8) is 0 Å². The Bertz CT molecular complexity index is 902. The quantitative estimate of drug-likeness (QED) is 0.526. The lowest BCUT2D eigenvalue weighted by Gasteiger charge is -2.08. The predicted molar refractivity (Wildman–Crippen MR) is 98.5 cm³/mol. The maximum absolute atomic E-state index is 12.3. The summed E-state index contributed by atoms with van der Waals surface area (Å²) in [7, 11) is 0. The largest absolute Gasteiger partial charge is 0.459 e. The minimum Gasteiger partial charge on any atom is -0.459 e. The van der Waals surface area contributed by atoms with E-state index in [4.69, 9.17) is 9.47 Å². The number of benzene rings is 1. The fourth-order valence-corrected chi connectivity index (χ4v) is 2.64. The van der Waals surface area contributed by atoms with Crippen molar-refractivity contribution in [2.45, 2.75) is 40.4 Å². The van der Waals surface area contributed by atoms with Gasteiger partial charge in [0.2, 0.25) is 0 Å². The van der Waals surface area contributed by atoms with Crippen molar-refractivity contribution in [1.29, 1.82) is 0 Å². The monoisotopic (exact) mass is 409 g/mol. The van der Waals surface area contributed by atoms with Gasteiger partial charge in [-0.3, -0.25) is 4.79 Å². The molecule has 0 spiro atoms.